The summed E-state index contributed by atoms with van der Waals surface area (Å²) in [5, 5.41) is 0. The van der Waals surface area contributed by atoms with Crippen molar-refractivity contribution >= 4 is 11.6 Å². The van der Waals surface area contributed by atoms with Crippen molar-refractivity contribution < 1.29 is 4.39 Å². The molecule has 12 heavy (non-hydrogen) atoms. The minimum atomic E-state index is -0.338. The molecule has 0 spiro atoms. The van der Waals surface area contributed by atoms with Gasteiger partial charge >= 0.3 is 0 Å². The molecule has 0 radical (unpaired) electrons. The Kier molecular flexibility index (Phi) is 2.28. The van der Waals surface area contributed by atoms with Crippen LogP contribution in [0.1, 0.15) is 5.56 Å². The van der Waals surface area contributed by atoms with Gasteiger partial charge in [0, 0.05) is 0 Å². The molecule has 0 saturated carbocycles. The number of nitrogens with zero attached hydrogens (tertiary/aromatic N) is 1. The minimum Gasteiger partial charge on any atom is -0.370 e. The molecule has 0 aromatic heterocycles. The molecule has 64 valence electrons. The van der Waals surface area contributed by atoms with E-state index in [0.29, 0.717) is 5.69 Å². The third kappa shape index (κ3) is 2.23. The lowest BCUT2D eigenvalue weighted by Crippen LogP contribution is -2.21. The van der Waals surface area contributed by atoms with Crippen LogP contribution in [-0.4, -0.2) is 5.96 Å². The summed E-state index contributed by atoms with van der Waals surface area (Å²) in [4.78, 5) is 3.71. The van der Waals surface area contributed by atoms with Gasteiger partial charge in [-0.05, 0) is 30.7 Å². The monoisotopic (exact) mass is 167 g/mol. The van der Waals surface area contributed by atoms with E-state index in [2.05, 4.69) is 4.99 Å². The van der Waals surface area contributed by atoms with Gasteiger partial charge in [-0.2, -0.15) is 0 Å². The van der Waals surface area contributed by atoms with E-state index < -0.39 is 0 Å². The topological polar surface area (TPSA) is 64.4 Å². The van der Waals surface area contributed by atoms with Crippen molar-refractivity contribution in [3.8, 4) is 0 Å². The van der Waals surface area contributed by atoms with Crippen LogP contribution in [0.15, 0.2) is 23.2 Å². The zero-order valence-electron chi connectivity index (χ0n) is 6.71. The van der Waals surface area contributed by atoms with Gasteiger partial charge in [-0.1, -0.05) is 0 Å². The normalized spacial score (nSPS) is 9.50. The molecule has 0 bridgehead atoms. The first-order valence-corrected chi connectivity index (χ1v) is 3.45. The second-order valence-electron chi connectivity index (χ2n) is 2.52. The predicted molar refractivity (Wildman–Crippen MR) is 46.6 cm³/mol. The lowest BCUT2D eigenvalue weighted by atomic mass is 10.2. The minimum absolute atomic E-state index is 0.0694. The summed E-state index contributed by atoms with van der Waals surface area (Å²) in [5.41, 5.74) is 11.5. The van der Waals surface area contributed by atoms with E-state index in [9.17, 15) is 4.39 Å². The third-order valence-electron chi connectivity index (χ3n) is 1.29. The SMILES string of the molecule is Cc1cc(F)cc(N=C(N)N)c1. The van der Waals surface area contributed by atoms with Crippen molar-refractivity contribution in [3.63, 3.8) is 0 Å². The summed E-state index contributed by atoms with van der Waals surface area (Å²) in [6.07, 6.45) is 0. The van der Waals surface area contributed by atoms with Crippen LogP contribution >= 0.6 is 0 Å². The maximum Gasteiger partial charge on any atom is 0.191 e. The zero-order chi connectivity index (χ0) is 9.14. The molecule has 0 atom stereocenters. The Balaban J connectivity index is 3.09. The highest BCUT2D eigenvalue weighted by Crippen LogP contribution is 2.15. The average Bonchev–Trinajstić information content (AvgIpc) is 1.81. The van der Waals surface area contributed by atoms with Crippen molar-refractivity contribution in [3.05, 3.63) is 29.6 Å². The standard InChI is InChI=1S/C8H10FN3/c1-5-2-6(9)4-7(3-5)12-8(10)11/h2-4H,1H3,(H4,10,11,12). The largest absolute Gasteiger partial charge is 0.370 e. The fraction of sp³-hybridized carbons (Fsp3) is 0.125. The van der Waals surface area contributed by atoms with Gasteiger partial charge in [-0.15, -0.1) is 0 Å². The van der Waals surface area contributed by atoms with Crippen LogP contribution in [0.25, 0.3) is 0 Å². The van der Waals surface area contributed by atoms with E-state index in [1.807, 2.05) is 0 Å². The quantitative estimate of drug-likeness (QED) is 0.484. The van der Waals surface area contributed by atoms with E-state index in [1.54, 1.807) is 13.0 Å². The summed E-state index contributed by atoms with van der Waals surface area (Å²) < 4.78 is 12.7. The number of guanidine groups is 1. The number of hydrogen-bond acceptors (Lipinski definition) is 1. The van der Waals surface area contributed by atoms with Crippen molar-refractivity contribution in [1.82, 2.24) is 0 Å². The fourth-order valence-corrected chi connectivity index (χ4v) is 0.931. The average molecular weight is 167 g/mol. The van der Waals surface area contributed by atoms with Crippen LogP contribution < -0.4 is 11.5 Å². The molecule has 1 rings (SSSR count). The third-order valence-corrected chi connectivity index (χ3v) is 1.29. The molecule has 1 aromatic rings. The number of hydrogen-bond donors (Lipinski definition) is 2. The first kappa shape index (κ1) is 8.52. The highest BCUT2D eigenvalue weighted by Gasteiger charge is 1.95. The highest BCUT2D eigenvalue weighted by atomic mass is 19.1. The molecular weight excluding hydrogens is 157 g/mol. The lowest BCUT2D eigenvalue weighted by Gasteiger charge is -1.97. The molecule has 0 unspecified atom stereocenters. The Morgan fingerprint density at radius 1 is 1.33 bits per heavy atom. The molecule has 0 aliphatic carbocycles. The Bertz CT molecular complexity index is 296. The molecule has 4 heteroatoms. The van der Waals surface area contributed by atoms with Gasteiger partial charge in [0.05, 0.1) is 5.69 Å². The van der Waals surface area contributed by atoms with Gasteiger partial charge in [0.15, 0.2) is 5.96 Å². The number of aryl methyl sites for hydroxylation is 1. The van der Waals surface area contributed by atoms with Crippen molar-refractivity contribution in [2.45, 2.75) is 6.92 Å². The molecule has 0 saturated heterocycles. The first-order chi connectivity index (χ1) is 5.58. The van der Waals surface area contributed by atoms with E-state index >= 15 is 0 Å². The smallest absolute Gasteiger partial charge is 0.191 e. The highest BCUT2D eigenvalue weighted by molar-refractivity contribution is 5.79. The van der Waals surface area contributed by atoms with Crippen molar-refractivity contribution in [1.29, 1.82) is 0 Å². The fourth-order valence-electron chi connectivity index (χ4n) is 0.931. The van der Waals surface area contributed by atoms with Crippen LogP contribution in [-0.2, 0) is 0 Å². The molecule has 0 amide bonds. The molecule has 0 heterocycles. The van der Waals surface area contributed by atoms with Gasteiger partial charge in [-0.3, -0.25) is 0 Å². The van der Waals surface area contributed by atoms with Crippen molar-refractivity contribution in [2.75, 3.05) is 0 Å². The molecule has 3 nitrogen and oxygen atoms in total. The van der Waals surface area contributed by atoms with Gasteiger partial charge in [-0.25, -0.2) is 9.38 Å². The molecule has 1 aromatic carbocycles. The van der Waals surface area contributed by atoms with Gasteiger partial charge in [0.2, 0.25) is 0 Å². The molecular formula is C8H10FN3. The van der Waals surface area contributed by atoms with E-state index in [-0.39, 0.29) is 11.8 Å². The number of nitrogens with two attached hydrogens (primary N) is 2. The zero-order valence-corrected chi connectivity index (χ0v) is 6.71. The Labute approximate surface area is 69.9 Å². The van der Waals surface area contributed by atoms with Gasteiger partial charge < -0.3 is 11.5 Å². The van der Waals surface area contributed by atoms with Crippen LogP contribution in [0.2, 0.25) is 0 Å². The maximum atomic E-state index is 12.7. The number of halogens is 1. The maximum absolute atomic E-state index is 12.7. The predicted octanol–water partition coefficient (Wildman–Crippen LogP) is 1.04. The summed E-state index contributed by atoms with van der Waals surface area (Å²) >= 11 is 0. The van der Waals surface area contributed by atoms with E-state index in [4.69, 9.17) is 11.5 Å². The number of benzene rings is 1. The summed E-state index contributed by atoms with van der Waals surface area (Å²) in [6.45, 7) is 1.77. The Morgan fingerprint density at radius 2 is 2.00 bits per heavy atom. The van der Waals surface area contributed by atoms with Crippen LogP contribution in [0, 0.1) is 12.7 Å². The summed E-state index contributed by atoms with van der Waals surface area (Å²) in [5.74, 6) is -0.407. The van der Waals surface area contributed by atoms with E-state index in [1.165, 1.54) is 12.1 Å². The Hall–Kier alpha value is -1.58. The van der Waals surface area contributed by atoms with Gasteiger partial charge in [0.25, 0.3) is 0 Å². The van der Waals surface area contributed by atoms with Crippen LogP contribution in [0.5, 0.6) is 0 Å². The Morgan fingerprint density at radius 3 is 2.50 bits per heavy atom. The molecule has 0 aliphatic rings. The van der Waals surface area contributed by atoms with Crippen molar-refractivity contribution in [2.24, 2.45) is 16.5 Å². The summed E-state index contributed by atoms with van der Waals surface area (Å²) in [6, 6.07) is 4.38. The molecule has 0 aliphatic heterocycles. The molecule has 0 fully saturated rings. The van der Waals surface area contributed by atoms with Crippen LogP contribution in [0.4, 0.5) is 10.1 Å². The van der Waals surface area contributed by atoms with Gasteiger partial charge in [0.1, 0.15) is 5.82 Å². The van der Waals surface area contributed by atoms with E-state index in [0.717, 1.165) is 5.56 Å². The summed E-state index contributed by atoms with van der Waals surface area (Å²) in [7, 11) is 0. The number of aliphatic imine (C=N–C) groups is 1. The first-order valence-electron chi connectivity index (χ1n) is 3.45. The second kappa shape index (κ2) is 3.21. The second-order valence-corrected chi connectivity index (χ2v) is 2.52. The lowest BCUT2D eigenvalue weighted by molar-refractivity contribution is 0.627. The number of rotatable bonds is 1. The van der Waals surface area contributed by atoms with Crippen LogP contribution in [0.3, 0.4) is 0 Å². The molecule has 4 N–H and O–H groups in total.